The van der Waals surface area contributed by atoms with E-state index < -0.39 is 0 Å². The Hall–Kier alpha value is -0.610. The predicted octanol–water partition coefficient (Wildman–Crippen LogP) is 0.623. The summed E-state index contributed by atoms with van der Waals surface area (Å²) in [5, 5.41) is 3.38. The van der Waals surface area contributed by atoms with Gasteiger partial charge in [-0.3, -0.25) is 9.69 Å². The molecule has 0 spiro atoms. The van der Waals surface area contributed by atoms with E-state index in [2.05, 4.69) is 10.2 Å². The molecule has 2 atom stereocenters. The van der Waals surface area contributed by atoms with Crippen molar-refractivity contribution in [1.82, 2.24) is 10.2 Å². The fraction of sp³-hybridized carbons (Fsp3) is 0.917. The number of esters is 1. The first-order valence-electron chi connectivity index (χ1n) is 6.42. The number of nitrogens with zero attached hydrogens (tertiary/aromatic N) is 1. The van der Waals surface area contributed by atoms with Crippen LogP contribution >= 0.6 is 0 Å². The number of nitrogens with one attached hydrogen (secondary N) is 1. The Morgan fingerprint density at radius 3 is 3.06 bits per heavy atom. The molecule has 0 aromatic carbocycles. The molecule has 0 amide bonds. The largest absolute Gasteiger partial charge is 0.466 e. The van der Waals surface area contributed by atoms with Gasteiger partial charge in [0, 0.05) is 19.1 Å². The van der Waals surface area contributed by atoms with Crippen LogP contribution in [0, 0.1) is 5.92 Å². The monoisotopic (exact) mass is 226 g/mol. The van der Waals surface area contributed by atoms with Crippen molar-refractivity contribution >= 4 is 5.97 Å². The number of carbonyl (C=O) groups excluding carboxylic acids is 1. The van der Waals surface area contributed by atoms with Gasteiger partial charge in [0.05, 0.1) is 12.5 Å². The number of hydrogen-bond donors (Lipinski definition) is 1. The van der Waals surface area contributed by atoms with Gasteiger partial charge in [-0.1, -0.05) is 0 Å². The van der Waals surface area contributed by atoms with Gasteiger partial charge in [-0.25, -0.2) is 0 Å². The van der Waals surface area contributed by atoms with Gasteiger partial charge < -0.3 is 10.1 Å². The predicted molar refractivity (Wildman–Crippen MR) is 62.2 cm³/mol. The highest BCUT2D eigenvalue weighted by Gasteiger charge is 2.31. The van der Waals surface area contributed by atoms with Crippen molar-refractivity contribution in [1.29, 1.82) is 0 Å². The lowest BCUT2D eigenvalue weighted by atomic mass is 9.96. The fourth-order valence-electron chi connectivity index (χ4n) is 2.74. The molecule has 0 bridgehead atoms. The first kappa shape index (κ1) is 11.9. The standard InChI is InChI=1S/C12H22N2O2/c1-2-16-12(15)10-4-3-7-14(9-10)11-5-6-13-8-11/h10-11,13H,2-9H2,1H3. The average Bonchev–Trinajstić information content (AvgIpc) is 2.83. The van der Waals surface area contributed by atoms with Gasteiger partial charge in [-0.05, 0) is 39.3 Å². The van der Waals surface area contributed by atoms with Crippen LogP contribution in [0.15, 0.2) is 0 Å². The Labute approximate surface area is 97.3 Å². The molecule has 1 N–H and O–H groups in total. The van der Waals surface area contributed by atoms with Crippen LogP contribution in [0.1, 0.15) is 26.2 Å². The summed E-state index contributed by atoms with van der Waals surface area (Å²) >= 11 is 0. The minimum absolute atomic E-state index is 0.00171. The Bertz CT molecular complexity index is 239. The second kappa shape index (κ2) is 5.64. The van der Waals surface area contributed by atoms with Crippen molar-refractivity contribution in [3.63, 3.8) is 0 Å². The maximum absolute atomic E-state index is 11.7. The molecule has 2 heterocycles. The minimum atomic E-state index is -0.00171. The number of carbonyl (C=O) groups is 1. The van der Waals surface area contributed by atoms with Crippen LogP contribution in [0.3, 0.4) is 0 Å². The fourth-order valence-corrected chi connectivity index (χ4v) is 2.74. The minimum Gasteiger partial charge on any atom is -0.466 e. The first-order valence-corrected chi connectivity index (χ1v) is 6.42. The zero-order valence-corrected chi connectivity index (χ0v) is 10.1. The first-order chi connectivity index (χ1) is 7.81. The number of likely N-dealkylation sites (tertiary alicyclic amines) is 1. The van der Waals surface area contributed by atoms with Crippen molar-refractivity contribution in [2.24, 2.45) is 5.92 Å². The van der Waals surface area contributed by atoms with Crippen molar-refractivity contribution in [3.8, 4) is 0 Å². The Morgan fingerprint density at radius 1 is 1.50 bits per heavy atom. The lowest BCUT2D eigenvalue weighted by molar-refractivity contribution is -0.150. The molecule has 0 aliphatic carbocycles. The van der Waals surface area contributed by atoms with E-state index in [1.54, 1.807) is 0 Å². The number of piperidine rings is 1. The van der Waals surface area contributed by atoms with Crippen LogP contribution in [0.5, 0.6) is 0 Å². The van der Waals surface area contributed by atoms with Crippen molar-refractivity contribution < 1.29 is 9.53 Å². The lowest BCUT2D eigenvalue weighted by Crippen LogP contribution is -2.45. The quantitative estimate of drug-likeness (QED) is 0.716. The van der Waals surface area contributed by atoms with Gasteiger partial charge in [-0.2, -0.15) is 0 Å². The second-order valence-electron chi connectivity index (χ2n) is 4.73. The van der Waals surface area contributed by atoms with Gasteiger partial charge in [0.15, 0.2) is 0 Å². The van der Waals surface area contributed by atoms with E-state index in [0.717, 1.165) is 39.0 Å². The summed E-state index contributed by atoms with van der Waals surface area (Å²) in [5.41, 5.74) is 0. The summed E-state index contributed by atoms with van der Waals surface area (Å²) in [6.07, 6.45) is 3.34. The lowest BCUT2D eigenvalue weighted by Gasteiger charge is -2.35. The molecule has 2 aliphatic rings. The number of ether oxygens (including phenoxy) is 1. The number of rotatable bonds is 3. The van der Waals surface area contributed by atoms with E-state index in [-0.39, 0.29) is 11.9 Å². The van der Waals surface area contributed by atoms with Crippen LogP contribution in [0.2, 0.25) is 0 Å². The third-order valence-electron chi connectivity index (χ3n) is 3.62. The van der Waals surface area contributed by atoms with E-state index >= 15 is 0 Å². The normalized spacial score (nSPS) is 31.6. The van der Waals surface area contributed by atoms with Gasteiger partial charge in [0.1, 0.15) is 0 Å². The maximum Gasteiger partial charge on any atom is 0.310 e. The summed E-state index contributed by atoms with van der Waals surface area (Å²) in [7, 11) is 0. The molecule has 2 aliphatic heterocycles. The summed E-state index contributed by atoms with van der Waals surface area (Å²) in [4.78, 5) is 14.2. The molecule has 4 nitrogen and oxygen atoms in total. The molecule has 16 heavy (non-hydrogen) atoms. The molecule has 0 aromatic rings. The molecule has 92 valence electrons. The van der Waals surface area contributed by atoms with Gasteiger partial charge in [0.2, 0.25) is 0 Å². The Morgan fingerprint density at radius 2 is 2.38 bits per heavy atom. The Balaban J connectivity index is 1.85. The summed E-state index contributed by atoms with van der Waals surface area (Å²) in [6, 6.07) is 0.636. The maximum atomic E-state index is 11.7. The smallest absolute Gasteiger partial charge is 0.310 e. The molecule has 2 rings (SSSR count). The van der Waals surface area contributed by atoms with Crippen LogP contribution in [0.25, 0.3) is 0 Å². The zero-order chi connectivity index (χ0) is 11.4. The second-order valence-corrected chi connectivity index (χ2v) is 4.73. The highest BCUT2D eigenvalue weighted by molar-refractivity contribution is 5.72. The third-order valence-corrected chi connectivity index (χ3v) is 3.62. The van der Waals surface area contributed by atoms with Gasteiger partial charge in [0.25, 0.3) is 0 Å². The highest BCUT2D eigenvalue weighted by Crippen LogP contribution is 2.21. The number of hydrogen-bond acceptors (Lipinski definition) is 4. The van der Waals surface area contributed by atoms with E-state index in [0.29, 0.717) is 12.6 Å². The van der Waals surface area contributed by atoms with Crippen LogP contribution in [-0.2, 0) is 9.53 Å². The molecule has 0 saturated carbocycles. The third kappa shape index (κ3) is 2.74. The highest BCUT2D eigenvalue weighted by atomic mass is 16.5. The molecular formula is C12H22N2O2. The topological polar surface area (TPSA) is 41.6 Å². The molecule has 4 heteroatoms. The molecule has 2 fully saturated rings. The van der Waals surface area contributed by atoms with E-state index in [1.807, 2.05) is 6.92 Å². The SMILES string of the molecule is CCOC(=O)C1CCCN(C2CCNC2)C1. The molecule has 0 aromatic heterocycles. The van der Waals surface area contributed by atoms with E-state index in [1.165, 1.54) is 6.42 Å². The van der Waals surface area contributed by atoms with E-state index in [4.69, 9.17) is 4.74 Å². The summed E-state index contributed by atoms with van der Waals surface area (Å²) in [6.45, 7) is 6.61. The molecule has 2 unspecified atom stereocenters. The molecular weight excluding hydrogens is 204 g/mol. The van der Waals surface area contributed by atoms with Crippen LogP contribution in [0.4, 0.5) is 0 Å². The van der Waals surface area contributed by atoms with Gasteiger partial charge in [-0.15, -0.1) is 0 Å². The van der Waals surface area contributed by atoms with Crippen LogP contribution in [-0.4, -0.2) is 49.7 Å². The van der Waals surface area contributed by atoms with Gasteiger partial charge >= 0.3 is 5.97 Å². The molecule has 0 radical (unpaired) electrons. The van der Waals surface area contributed by atoms with Crippen molar-refractivity contribution in [2.45, 2.75) is 32.2 Å². The summed E-state index contributed by atoms with van der Waals surface area (Å²) in [5.74, 6) is 0.104. The molecule has 2 saturated heterocycles. The van der Waals surface area contributed by atoms with Crippen molar-refractivity contribution in [2.75, 3.05) is 32.8 Å². The van der Waals surface area contributed by atoms with Crippen molar-refractivity contribution in [3.05, 3.63) is 0 Å². The average molecular weight is 226 g/mol. The van der Waals surface area contributed by atoms with E-state index in [9.17, 15) is 4.79 Å². The van der Waals surface area contributed by atoms with Crippen LogP contribution < -0.4 is 5.32 Å². The summed E-state index contributed by atoms with van der Waals surface area (Å²) < 4.78 is 5.11. The Kier molecular flexibility index (Phi) is 4.18. The zero-order valence-electron chi connectivity index (χ0n) is 10.1.